The summed E-state index contributed by atoms with van der Waals surface area (Å²) in [5.74, 6) is -0.0485. The zero-order valence-corrected chi connectivity index (χ0v) is 13.8. The molecular formula is C17H19N5O3. The number of para-hydroxylation sites is 1. The minimum Gasteiger partial charge on any atom is -0.365 e. The Morgan fingerprint density at radius 2 is 1.92 bits per heavy atom. The summed E-state index contributed by atoms with van der Waals surface area (Å²) < 4.78 is 5.52. The number of benzene rings is 1. The number of morpholine rings is 1. The summed E-state index contributed by atoms with van der Waals surface area (Å²) in [6.07, 6.45) is 2.22. The molecule has 0 aliphatic carbocycles. The molecule has 3 rings (SSSR count). The van der Waals surface area contributed by atoms with Gasteiger partial charge >= 0.3 is 0 Å². The summed E-state index contributed by atoms with van der Waals surface area (Å²) in [5.41, 5.74) is 1.07. The average Bonchev–Trinajstić information content (AvgIpc) is 2.68. The average molecular weight is 341 g/mol. The van der Waals surface area contributed by atoms with Crippen LogP contribution in [0.3, 0.4) is 0 Å². The van der Waals surface area contributed by atoms with Crippen molar-refractivity contribution < 1.29 is 14.3 Å². The van der Waals surface area contributed by atoms with Crippen molar-refractivity contribution in [1.82, 2.24) is 14.9 Å². The van der Waals surface area contributed by atoms with Gasteiger partial charge in [0.2, 0.25) is 5.95 Å². The summed E-state index contributed by atoms with van der Waals surface area (Å²) in [5, 5.41) is 5.59. The number of amides is 2. The zero-order valence-electron chi connectivity index (χ0n) is 13.8. The lowest BCUT2D eigenvalue weighted by Crippen LogP contribution is -2.50. The summed E-state index contributed by atoms with van der Waals surface area (Å²) in [6, 6.07) is 9.13. The Kier molecular flexibility index (Phi) is 5.20. The number of carbonyl (C=O) groups excluding carboxylic acids is 2. The Labute approximate surface area is 145 Å². The molecule has 0 spiro atoms. The van der Waals surface area contributed by atoms with E-state index in [0.717, 1.165) is 0 Å². The molecular weight excluding hydrogens is 322 g/mol. The largest absolute Gasteiger partial charge is 0.365 e. The molecule has 1 aliphatic rings. The highest BCUT2D eigenvalue weighted by Crippen LogP contribution is 2.13. The van der Waals surface area contributed by atoms with Gasteiger partial charge in [-0.05, 0) is 12.1 Å². The van der Waals surface area contributed by atoms with Gasteiger partial charge in [0.25, 0.3) is 11.8 Å². The molecule has 8 heteroatoms. The van der Waals surface area contributed by atoms with Gasteiger partial charge in [-0.15, -0.1) is 0 Å². The van der Waals surface area contributed by atoms with E-state index in [9.17, 15) is 9.59 Å². The Morgan fingerprint density at radius 1 is 1.20 bits per heavy atom. The number of aromatic nitrogens is 2. The van der Waals surface area contributed by atoms with E-state index in [0.29, 0.717) is 30.4 Å². The normalized spacial score (nSPS) is 17.0. The van der Waals surface area contributed by atoms with Crippen LogP contribution in [0.5, 0.6) is 0 Å². The van der Waals surface area contributed by atoms with Crippen LogP contribution in [0.15, 0.2) is 42.7 Å². The number of carbonyl (C=O) groups is 2. The second-order valence-electron chi connectivity index (χ2n) is 5.51. The van der Waals surface area contributed by atoms with Gasteiger partial charge in [0.05, 0.1) is 18.7 Å². The van der Waals surface area contributed by atoms with E-state index in [1.165, 1.54) is 12.4 Å². The van der Waals surface area contributed by atoms with Crippen molar-refractivity contribution >= 4 is 23.5 Å². The molecule has 2 aromatic rings. The number of nitrogens with zero attached hydrogens (tertiary/aromatic N) is 3. The highest BCUT2D eigenvalue weighted by Gasteiger charge is 2.30. The first-order chi connectivity index (χ1) is 12.2. The topological polar surface area (TPSA) is 96.5 Å². The van der Waals surface area contributed by atoms with Gasteiger partial charge in [-0.25, -0.2) is 9.97 Å². The lowest BCUT2D eigenvalue weighted by Gasteiger charge is -2.32. The molecule has 1 fully saturated rings. The summed E-state index contributed by atoms with van der Waals surface area (Å²) >= 11 is 0. The zero-order chi connectivity index (χ0) is 17.6. The Morgan fingerprint density at radius 3 is 2.60 bits per heavy atom. The number of hydrogen-bond donors (Lipinski definition) is 2. The second-order valence-corrected chi connectivity index (χ2v) is 5.51. The van der Waals surface area contributed by atoms with Crippen molar-refractivity contribution in [3.63, 3.8) is 0 Å². The molecule has 1 aromatic carbocycles. The van der Waals surface area contributed by atoms with E-state index in [-0.39, 0.29) is 18.4 Å². The van der Waals surface area contributed by atoms with Crippen molar-refractivity contribution in [2.24, 2.45) is 0 Å². The van der Waals surface area contributed by atoms with Crippen molar-refractivity contribution in [3.05, 3.63) is 48.3 Å². The first-order valence-electron chi connectivity index (χ1n) is 7.94. The molecule has 1 atom stereocenters. The first-order valence-corrected chi connectivity index (χ1v) is 7.94. The van der Waals surface area contributed by atoms with Gasteiger partial charge in [-0.1, -0.05) is 18.2 Å². The van der Waals surface area contributed by atoms with E-state index in [4.69, 9.17) is 4.74 Å². The molecule has 0 saturated carbocycles. The van der Waals surface area contributed by atoms with Crippen LogP contribution in [0.25, 0.3) is 0 Å². The SMILES string of the molecule is CNc1ncc(C(=O)N2CCO[C@@H](C(=O)Nc3ccccc3)C2)cn1. The van der Waals surface area contributed by atoms with Gasteiger partial charge in [0.1, 0.15) is 0 Å². The first kappa shape index (κ1) is 16.8. The van der Waals surface area contributed by atoms with E-state index >= 15 is 0 Å². The van der Waals surface area contributed by atoms with E-state index in [1.807, 2.05) is 18.2 Å². The van der Waals surface area contributed by atoms with Crippen LogP contribution in [-0.4, -0.2) is 59.5 Å². The molecule has 2 heterocycles. The van der Waals surface area contributed by atoms with Gasteiger partial charge < -0.3 is 20.3 Å². The molecule has 130 valence electrons. The number of anilines is 2. The Hall–Kier alpha value is -3.00. The van der Waals surface area contributed by atoms with Crippen molar-refractivity contribution in [3.8, 4) is 0 Å². The minimum absolute atomic E-state index is 0.186. The molecule has 25 heavy (non-hydrogen) atoms. The molecule has 2 amide bonds. The number of hydrogen-bond acceptors (Lipinski definition) is 6. The summed E-state index contributed by atoms with van der Waals surface area (Å²) in [6.45, 7) is 0.904. The lowest BCUT2D eigenvalue weighted by atomic mass is 10.2. The van der Waals surface area contributed by atoms with Gasteiger partial charge in [0.15, 0.2) is 6.10 Å². The smallest absolute Gasteiger partial charge is 0.257 e. The predicted molar refractivity (Wildman–Crippen MR) is 92.3 cm³/mol. The van der Waals surface area contributed by atoms with Crippen molar-refractivity contribution in [2.45, 2.75) is 6.10 Å². The van der Waals surface area contributed by atoms with E-state index < -0.39 is 6.10 Å². The van der Waals surface area contributed by atoms with Gasteiger partial charge in [0, 0.05) is 31.7 Å². The van der Waals surface area contributed by atoms with Crippen LogP contribution >= 0.6 is 0 Å². The molecule has 1 aliphatic heterocycles. The lowest BCUT2D eigenvalue weighted by molar-refractivity contribution is -0.131. The van der Waals surface area contributed by atoms with Crippen LogP contribution < -0.4 is 10.6 Å². The molecule has 2 N–H and O–H groups in total. The Balaban J connectivity index is 1.63. The molecule has 0 unspecified atom stereocenters. The number of nitrogens with one attached hydrogen (secondary N) is 2. The predicted octanol–water partition coefficient (Wildman–Crippen LogP) is 0.998. The fourth-order valence-electron chi connectivity index (χ4n) is 2.49. The highest BCUT2D eigenvalue weighted by atomic mass is 16.5. The minimum atomic E-state index is -0.713. The maximum absolute atomic E-state index is 12.6. The Bertz CT molecular complexity index is 736. The van der Waals surface area contributed by atoms with E-state index in [2.05, 4.69) is 20.6 Å². The fraction of sp³-hybridized carbons (Fsp3) is 0.294. The number of ether oxygens (including phenoxy) is 1. The molecule has 0 bridgehead atoms. The van der Waals surface area contributed by atoms with Crippen molar-refractivity contribution in [2.75, 3.05) is 37.4 Å². The monoisotopic (exact) mass is 341 g/mol. The molecule has 1 aromatic heterocycles. The van der Waals surface area contributed by atoms with Crippen molar-refractivity contribution in [1.29, 1.82) is 0 Å². The third-order valence-electron chi connectivity index (χ3n) is 3.81. The second kappa shape index (κ2) is 7.71. The van der Waals surface area contributed by atoms with Gasteiger partial charge in [-0.2, -0.15) is 0 Å². The molecule has 8 nitrogen and oxygen atoms in total. The number of rotatable bonds is 4. The maximum Gasteiger partial charge on any atom is 0.257 e. The quantitative estimate of drug-likeness (QED) is 0.861. The van der Waals surface area contributed by atoms with Crippen LogP contribution in [0.2, 0.25) is 0 Å². The van der Waals surface area contributed by atoms with Gasteiger partial charge in [-0.3, -0.25) is 9.59 Å². The third-order valence-corrected chi connectivity index (χ3v) is 3.81. The third kappa shape index (κ3) is 4.10. The summed E-state index contributed by atoms with van der Waals surface area (Å²) in [7, 11) is 1.70. The molecule has 0 radical (unpaired) electrons. The highest BCUT2D eigenvalue weighted by molar-refractivity contribution is 5.96. The fourth-order valence-corrected chi connectivity index (χ4v) is 2.49. The van der Waals surface area contributed by atoms with Crippen LogP contribution in [0.4, 0.5) is 11.6 Å². The van der Waals surface area contributed by atoms with Crippen LogP contribution in [0.1, 0.15) is 10.4 Å². The van der Waals surface area contributed by atoms with Crippen LogP contribution in [-0.2, 0) is 9.53 Å². The standard InChI is InChI=1S/C17H19N5O3/c1-18-17-19-9-12(10-20-17)16(24)22-7-8-25-14(11-22)15(23)21-13-5-3-2-4-6-13/h2-6,9-10,14H,7-8,11H2,1H3,(H,21,23)(H,18,19,20)/t14-/m1/s1. The van der Waals surface area contributed by atoms with Crippen LogP contribution in [0, 0.1) is 0 Å². The maximum atomic E-state index is 12.6. The summed E-state index contributed by atoms with van der Waals surface area (Å²) in [4.78, 5) is 34.6. The van der Waals surface area contributed by atoms with E-state index in [1.54, 1.807) is 24.1 Å². The molecule has 1 saturated heterocycles.